The number of primary amides is 1. The first-order valence-corrected chi connectivity index (χ1v) is 10.0. The van der Waals surface area contributed by atoms with Gasteiger partial charge in [-0.25, -0.2) is 9.78 Å². The van der Waals surface area contributed by atoms with Crippen LogP contribution in [0.2, 0.25) is 0 Å². The van der Waals surface area contributed by atoms with Gasteiger partial charge in [0.1, 0.15) is 5.69 Å². The maximum atomic E-state index is 12.9. The molecule has 0 aliphatic carbocycles. The number of nitrogens with one attached hydrogen (secondary N) is 1. The second kappa shape index (κ2) is 10.5. The summed E-state index contributed by atoms with van der Waals surface area (Å²) in [6.07, 6.45) is 0.587. The average Bonchev–Trinajstić information content (AvgIpc) is 2.69. The standard InChI is InChI=1S/C21H28N4O5/c1-4-5-12-25-16-9-7-6-8-14(16)23-15(20(25)28)10-11-17(26)30-18(13(2)3)19(27)24-21(22)29/h6-9,13,18H,4-5,10-12H2,1-3H3,(H3,22,24,27,29). The molecule has 162 valence electrons. The summed E-state index contributed by atoms with van der Waals surface area (Å²) in [5.41, 5.74) is 6.42. The maximum Gasteiger partial charge on any atom is 0.318 e. The molecule has 30 heavy (non-hydrogen) atoms. The van der Waals surface area contributed by atoms with Gasteiger partial charge in [0.05, 0.1) is 17.5 Å². The number of carbonyl (C=O) groups is 3. The van der Waals surface area contributed by atoms with Crippen LogP contribution in [0.15, 0.2) is 29.1 Å². The number of unbranched alkanes of at least 4 members (excludes halogenated alkanes) is 1. The number of aromatic nitrogens is 2. The Kier molecular flexibility index (Phi) is 8.08. The zero-order valence-electron chi connectivity index (χ0n) is 17.5. The molecule has 0 saturated heterocycles. The van der Waals surface area contributed by atoms with E-state index in [0.717, 1.165) is 18.4 Å². The number of fused-ring (bicyclic) bond motifs is 1. The Bertz CT molecular complexity index is 983. The Labute approximate surface area is 174 Å². The molecule has 0 aliphatic rings. The number of carbonyl (C=O) groups excluding carboxylic acids is 3. The normalized spacial score (nSPS) is 12.0. The summed E-state index contributed by atoms with van der Waals surface area (Å²) >= 11 is 0. The molecule has 0 spiro atoms. The van der Waals surface area contributed by atoms with Gasteiger partial charge >= 0.3 is 12.0 Å². The first-order valence-electron chi connectivity index (χ1n) is 10.0. The number of imide groups is 1. The average molecular weight is 416 g/mol. The van der Waals surface area contributed by atoms with E-state index in [1.54, 1.807) is 18.4 Å². The first kappa shape index (κ1) is 23.1. The smallest absolute Gasteiger partial charge is 0.318 e. The van der Waals surface area contributed by atoms with E-state index in [1.807, 2.05) is 36.5 Å². The Hall–Kier alpha value is -3.23. The van der Waals surface area contributed by atoms with E-state index in [2.05, 4.69) is 4.98 Å². The summed E-state index contributed by atoms with van der Waals surface area (Å²) in [6, 6.07) is 6.35. The molecule has 9 heteroatoms. The number of hydrogen-bond acceptors (Lipinski definition) is 6. The second-order valence-corrected chi connectivity index (χ2v) is 7.37. The lowest BCUT2D eigenvalue weighted by Crippen LogP contribution is -2.45. The topological polar surface area (TPSA) is 133 Å². The molecular formula is C21H28N4O5. The number of para-hydroxylation sites is 2. The number of urea groups is 1. The zero-order chi connectivity index (χ0) is 22.3. The Morgan fingerprint density at radius 1 is 1.23 bits per heavy atom. The van der Waals surface area contributed by atoms with Crippen LogP contribution in [-0.4, -0.2) is 33.6 Å². The number of aryl methyl sites for hydroxylation is 2. The summed E-state index contributed by atoms with van der Waals surface area (Å²) in [5, 5.41) is 1.92. The van der Waals surface area contributed by atoms with Crippen LogP contribution < -0.4 is 16.6 Å². The van der Waals surface area contributed by atoms with Gasteiger partial charge in [0.25, 0.3) is 11.5 Å². The molecule has 3 N–H and O–H groups in total. The van der Waals surface area contributed by atoms with Crippen molar-refractivity contribution in [3.63, 3.8) is 0 Å². The molecule has 1 heterocycles. The highest BCUT2D eigenvalue weighted by Crippen LogP contribution is 2.13. The number of hydrogen-bond donors (Lipinski definition) is 2. The van der Waals surface area contributed by atoms with Crippen molar-refractivity contribution in [3.05, 3.63) is 40.3 Å². The van der Waals surface area contributed by atoms with Crippen LogP contribution in [0.1, 0.15) is 45.7 Å². The predicted octanol–water partition coefficient (Wildman–Crippen LogP) is 1.89. The van der Waals surface area contributed by atoms with E-state index in [-0.39, 0.29) is 30.0 Å². The lowest BCUT2D eigenvalue weighted by atomic mass is 10.1. The highest BCUT2D eigenvalue weighted by molar-refractivity contribution is 5.96. The van der Waals surface area contributed by atoms with Crippen molar-refractivity contribution in [2.24, 2.45) is 11.7 Å². The summed E-state index contributed by atoms with van der Waals surface area (Å²) in [4.78, 5) is 52.5. The monoisotopic (exact) mass is 416 g/mol. The minimum atomic E-state index is -1.16. The molecule has 0 fully saturated rings. The number of nitrogens with zero attached hydrogens (tertiary/aromatic N) is 2. The molecule has 0 bridgehead atoms. The molecule has 0 saturated carbocycles. The van der Waals surface area contributed by atoms with Gasteiger partial charge in [0.15, 0.2) is 6.10 Å². The molecule has 3 amide bonds. The second-order valence-electron chi connectivity index (χ2n) is 7.37. The van der Waals surface area contributed by atoms with Gasteiger partial charge in [-0.05, 0) is 24.5 Å². The van der Waals surface area contributed by atoms with Crippen molar-refractivity contribution in [1.29, 1.82) is 0 Å². The molecule has 1 aromatic heterocycles. The molecule has 0 aliphatic heterocycles. The third-order valence-corrected chi connectivity index (χ3v) is 4.59. The largest absolute Gasteiger partial charge is 0.452 e. The molecule has 2 rings (SSSR count). The molecule has 0 radical (unpaired) electrons. The van der Waals surface area contributed by atoms with Gasteiger partial charge in [-0.15, -0.1) is 0 Å². The van der Waals surface area contributed by atoms with Crippen LogP contribution in [0.5, 0.6) is 0 Å². The number of benzene rings is 1. The highest BCUT2D eigenvalue weighted by atomic mass is 16.5. The van der Waals surface area contributed by atoms with E-state index in [4.69, 9.17) is 10.5 Å². The molecule has 2 aromatic rings. The van der Waals surface area contributed by atoms with E-state index in [0.29, 0.717) is 12.1 Å². The van der Waals surface area contributed by atoms with Gasteiger partial charge in [-0.1, -0.05) is 39.3 Å². The van der Waals surface area contributed by atoms with Crippen LogP contribution in [0.4, 0.5) is 4.79 Å². The Balaban J connectivity index is 2.17. The molecule has 1 aromatic carbocycles. The van der Waals surface area contributed by atoms with Gasteiger partial charge in [0, 0.05) is 13.0 Å². The predicted molar refractivity (Wildman–Crippen MR) is 112 cm³/mol. The summed E-state index contributed by atoms with van der Waals surface area (Å²) in [6.45, 7) is 5.97. The summed E-state index contributed by atoms with van der Waals surface area (Å²) in [5.74, 6) is -1.81. The van der Waals surface area contributed by atoms with E-state index < -0.39 is 24.0 Å². The van der Waals surface area contributed by atoms with Gasteiger partial charge in [0.2, 0.25) is 0 Å². The fraction of sp³-hybridized carbons (Fsp3) is 0.476. The van der Waals surface area contributed by atoms with Crippen molar-refractivity contribution in [2.45, 2.75) is 59.1 Å². The number of esters is 1. The third kappa shape index (κ3) is 5.88. The molecule has 1 atom stereocenters. The van der Waals surface area contributed by atoms with Crippen LogP contribution >= 0.6 is 0 Å². The van der Waals surface area contributed by atoms with Crippen molar-refractivity contribution < 1.29 is 19.1 Å². The Morgan fingerprint density at radius 3 is 2.57 bits per heavy atom. The van der Waals surface area contributed by atoms with E-state index in [1.165, 1.54) is 0 Å². The van der Waals surface area contributed by atoms with Gasteiger partial charge in [-0.3, -0.25) is 19.7 Å². The minimum absolute atomic E-state index is 0.0802. The van der Waals surface area contributed by atoms with Crippen molar-refractivity contribution >= 4 is 28.9 Å². The lowest BCUT2D eigenvalue weighted by molar-refractivity contribution is -0.158. The van der Waals surface area contributed by atoms with E-state index >= 15 is 0 Å². The van der Waals surface area contributed by atoms with E-state index in [9.17, 15) is 19.2 Å². The minimum Gasteiger partial charge on any atom is -0.452 e. The number of nitrogens with two attached hydrogens (primary N) is 1. The van der Waals surface area contributed by atoms with Crippen LogP contribution in [0, 0.1) is 5.92 Å². The SMILES string of the molecule is CCCCn1c(=O)c(CCC(=O)OC(C(=O)NC(N)=O)C(C)C)nc2ccccc21. The zero-order valence-corrected chi connectivity index (χ0v) is 17.5. The Morgan fingerprint density at radius 2 is 1.93 bits per heavy atom. The van der Waals surface area contributed by atoms with Crippen LogP contribution in [-0.2, 0) is 27.3 Å². The van der Waals surface area contributed by atoms with Gasteiger partial charge < -0.3 is 15.0 Å². The first-order chi connectivity index (χ1) is 14.2. The lowest BCUT2D eigenvalue weighted by Gasteiger charge is -2.19. The number of rotatable bonds is 9. The van der Waals surface area contributed by atoms with Gasteiger partial charge in [-0.2, -0.15) is 0 Å². The molecule has 1 unspecified atom stereocenters. The van der Waals surface area contributed by atoms with Crippen LogP contribution in [0.3, 0.4) is 0 Å². The quantitative estimate of drug-likeness (QED) is 0.600. The van der Waals surface area contributed by atoms with Crippen LogP contribution in [0.25, 0.3) is 11.0 Å². The van der Waals surface area contributed by atoms with Crippen molar-refractivity contribution in [3.8, 4) is 0 Å². The number of ether oxygens (including phenoxy) is 1. The fourth-order valence-electron chi connectivity index (χ4n) is 3.05. The third-order valence-electron chi connectivity index (χ3n) is 4.59. The summed E-state index contributed by atoms with van der Waals surface area (Å²) < 4.78 is 6.91. The summed E-state index contributed by atoms with van der Waals surface area (Å²) in [7, 11) is 0. The molecular weight excluding hydrogens is 388 g/mol. The fourth-order valence-corrected chi connectivity index (χ4v) is 3.05. The highest BCUT2D eigenvalue weighted by Gasteiger charge is 2.27. The van der Waals surface area contributed by atoms with Crippen molar-refractivity contribution in [1.82, 2.24) is 14.9 Å². The van der Waals surface area contributed by atoms with Crippen molar-refractivity contribution in [2.75, 3.05) is 0 Å². The molecule has 9 nitrogen and oxygen atoms in total. The number of amides is 3. The maximum absolute atomic E-state index is 12.9.